The van der Waals surface area contributed by atoms with Crippen molar-refractivity contribution in [2.24, 2.45) is 0 Å². The molecule has 6 heteroatoms. The van der Waals surface area contributed by atoms with Crippen LogP contribution in [0.3, 0.4) is 0 Å². The number of carbonyl (C=O) groups is 2. The number of rotatable bonds is 60. The monoisotopic (exact) mass is 1010 g/mol. The Hall–Kier alpha value is -1.92. The normalized spacial score (nSPS) is 12.8. The molecule has 0 heterocycles. The fourth-order valence-electron chi connectivity index (χ4n) is 9.97. The van der Waals surface area contributed by atoms with E-state index in [1.807, 2.05) is 0 Å². The van der Waals surface area contributed by atoms with Gasteiger partial charge in [0.25, 0.3) is 0 Å². The summed E-state index contributed by atoms with van der Waals surface area (Å²) in [4.78, 5) is 24.5. The van der Waals surface area contributed by atoms with Gasteiger partial charge in [-0.15, -0.1) is 0 Å². The molecule has 0 bridgehead atoms. The molecule has 0 aliphatic heterocycles. The Morgan fingerprint density at radius 1 is 0.389 bits per heavy atom. The number of esters is 1. The van der Waals surface area contributed by atoms with Crippen molar-refractivity contribution in [3.8, 4) is 0 Å². The van der Waals surface area contributed by atoms with Crippen LogP contribution < -0.4 is 5.32 Å². The van der Waals surface area contributed by atoms with Crippen molar-refractivity contribution in [2.45, 2.75) is 360 Å². The third-order valence-electron chi connectivity index (χ3n) is 14.9. The van der Waals surface area contributed by atoms with E-state index in [9.17, 15) is 19.8 Å². The van der Waals surface area contributed by atoms with Gasteiger partial charge in [-0.2, -0.15) is 0 Å². The van der Waals surface area contributed by atoms with Crippen molar-refractivity contribution in [1.82, 2.24) is 5.32 Å². The Bertz CT molecular complexity index is 1170. The number of ether oxygens (including phenoxy) is 1. The van der Waals surface area contributed by atoms with Crippen LogP contribution in [0.5, 0.6) is 0 Å². The summed E-state index contributed by atoms with van der Waals surface area (Å²) in [5.41, 5.74) is 0. The molecule has 424 valence electrons. The van der Waals surface area contributed by atoms with Crippen LogP contribution in [0.25, 0.3) is 0 Å². The van der Waals surface area contributed by atoms with Crippen molar-refractivity contribution in [2.75, 3.05) is 13.2 Å². The van der Waals surface area contributed by atoms with Gasteiger partial charge in [0.1, 0.15) is 0 Å². The summed E-state index contributed by atoms with van der Waals surface area (Å²) in [7, 11) is 0. The van der Waals surface area contributed by atoms with Gasteiger partial charge in [-0.3, -0.25) is 9.59 Å². The number of hydrogen-bond donors (Lipinski definition) is 3. The zero-order chi connectivity index (χ0) is 52.2. The smallest absolute Gasteiger partial charge is 0.305 e. The van der Waals surface area contributed by atoms with E-state index in [4.69, 9.17) is 4.74 Å². The summed E-state index contributed by atoms with van der Waals surface area (Å²) < 4.78 is 5.47. The largest absolute Gasteiger partial charge is 0.466 e. The first-order valence-corrected chi connectivity index (χ1v) is 32.2. The molecule has 0 saturated heterocycles. The van der Waals surface area contributed by atoms with Crippen molar-refractivity contribution in [3.63, 3.8) is 0 Å². The maximum atomic E-state index is 12.5. The highest BCUT2D eigenvalue weighted by Crippen LogP contribution is 2.18. The van der Waals surface area contributed by atoms with Crippen molar-refractivity contribution >= 4 is 11.9 Å². The lowest BCUT2D eigenvalue weighted by Crippen LogP contribution is -2.45. The SMILES string of the molecule is CCC/C=C\C/C=C\CCCCCCCC(=O)OCCCCCCCCCCCCCC/C=C\CCCCCCCCCCCCCCCCC(=O)NC(CO)C(O)CCCCCCCCCCCCCC. The molecule has 0 saturated carbocycles. The van der Waals surface area contributed by atoms with Gasteiger partial charge in [0.05, 0.1) is 25.4 Å². The number of hydrogen-bond acceptors (Lipinski definition) is 5. The maximum Gasteiger partial charge on any atom is 0.305 e. The Balaban J connectivity index is 3.35. The Labute approximate surface area is 449 Å². The van der Waals surface area contributed by atoms with E-state index in [2.05, 4.69) is 55.6 Å². The van der Waals surface area contributed by atoms with Gasteiger partial charge in [-0.1, -0.05) is 294 Å². The van der Waals surface area contributed by atoms with Gasteiger partial charge in [-0.25, -0.2) is 0 Å². The summed E-state index contributed by atoms with van der Waals surface area (Å²) in [6, 6.07) is -0.539. The minimum absolute atomic E-state index is 0.00166. The van der Waals surface area contributed by atoms with Crippen LogP contribution in [0.4, 0.5) is 0 Å². The third-order valence-corrected chi connectivity index (χ3v) is 14.9. The molecule has 72 heavy (non-hydrogen) atoms. The van der Waals surface area contributed by atoms with Crippen LogP contribution in [-0.4, -0.2) is 47.4 Å². The van der Waals surface area contributed by atoms with Gasteiger partial charge in [0.2, 0.25) is 5.91 Å². The quantitative estimate of drug-likeness (QED) is 0.0320. The van der Waals surface area contributed by atoms with Crippen LogP contribution in [0, 0.1) is 0 Å². The Kier molecular flexibility index (Phi) is 60.0. The van der Waals surface area contributed by atoms with Gasteiger partial charge < -0.3 is 20.3 Å². The van der Waals surface area contributed by atoms with Gasteiger partial charge in [-0.05, 0) is 77.0 Å². The predicted octanol–water partition coefficient (Wildman–Crippen LogP) is 20.4. The molecule has 0 aliphatic carbocycles. The minimum atomic E-state index is -0.662. The molecule has 6 nitrogen and oxygen atoms in total. The highest BCUT2D eigenvalue weighted by Gasteiger charge is 2.20. The van der Waals surface area contributed by atoms with Crippen LogP contribution in [0.1, 0.15) is 348 Å². The molecule has 0 rings (SSSR count). The zero-order valence-electron chi connectivity index (χ0n) is 48.4. The summed E-state index contributed by atoms with van der Waals surface area (Å²) in [5, 5.41) is 23.2. The molecule has 0 aromatic heterocycles. The molecule has 3 N–H and O–H groups in total. The molecule has 1 amide bonds. The number of aliphatic hydroxyl groups is 2. The Morgan fingerprint density at radius 3 is 1.12 bits per heavy atom. The van der Waals surface area contributed by atoms with Crippen LogP contribution in [0.2, 0.25) is 0 Å². The van der Waals surface area contributed by atoms with E-state index in [0.717, 1.165) is 51.4 Å². The highest BCUT2D eigenvalue weighted by molar-refractivity contribution is 5.76. The standard InChI is InChI=1S/C66H125NO5/c1-3-5-7-9-11-13-15-35-40-44-48-52-56-60-66(71)72-61-57-53-49-45-41-37-34-32-30-28-26-24-22-20-18-17-19-21-23-25-27-29-31-33-36-39-43-47-51-55-59-65(70)67-63(62-68)64(69)58-54-50-46-42-38-16-14-12-10-8-6-4-2/h7,9,13,15,18,20,63-64,68-69H,3-6,8,10-12,14,16-17,19,21-62H2,1-2H3,(H,67,70)/b9-7-,15-13-,20-18-. The van der Waals surface area contributed by atoms with Gasteiger partial charge in [0, 0.05) is 12.8 Å². The lowest BCUT2D eigenvalue weighted by molar-refractivity contribution is -0.143. The average Bonchev–Trinajstić information content (AvgIpc) is 3.38. The fourth-order valence-corrected chi connectivity index (χ4v) is 9.97. The molecule has 0 aliphatic rings. The predicted molar refractivity (Wildman–Crippen MR) is 315 cm³/mol. The number of amides is 1. The Morgan fingerprint density at radius 2 is 0.722 bits per heavy atom. The van der Waals surface area contributed by atoms with Crippen molar-refractivity contribution in [3.05, 3.63) is 36.5 Å². The number of aliphatic hydroxyl groups excluding tert-OH is 2. The first-order valence-electron chi connectivity index (χ1n) is 32.2. The molecule has 0 radical (unpaired) electrons. The van der Waals surface area contributed by atoms with E-state index in [1.54, 1.807) is 0 Å². The van der Waals surface area contributed by atoms with E-state index in [1.165, 1.54) is 263 Å². The first kappa shape index (κ1) is 70.1. The fraction of sp³-hybridized carbons (Fsp3) is 0.879. The van der Waals surface area contributed by atoms with Crippen LogP contribution in [-0.2, 0) is 14.3 Å². The summed E-state index contributed by atoms with van der Waals surface area (Å²) in [6.07, 6.45) is 77.5. The van der Waals surface area contributed by atoms with Gasteiger partial charge >= 0.3 is 5.97 Å². The van der Waals surface area contributed by atoms with Gasteiger partial charge in [0.15, 0.2) is 0 Å². The van der Waals surface area contributed by atoms with Crippen LogP contribution in [0.15, 0.2) is 36.5 Å². The van der Waals surface area contributed by atoms with E-state index in [-0.39, 0.29) is 18.5 Å². The first-order chi connectivity index (χ1) is 35.5. The third kappa shape index (κ3) is 57.4. The molecular weight excluding hydrogens is 887 g/mol. The summed E-state index contributed by atoms with van der Waals surface area (Å²) in [6.45, 7) is 4.89. The van der Waals surface area contributed by atoms with Crippen molar-refractivity contribution < 1.29 is 24.5 Å². The highest BCUT2D eigenvalue weighted by atomic mass is 16.5. The number of nitrogens with one attached hydrogen (secondary N) is 1. The second-order valence-corrected chi connectivity index (χ2v) is 22.1. The second kappa shape index (κ2) is 61.6. The van der Waals surface area contributed by atoms with E-state index in [0.29, 0.717) is 25.9 Å². The summed E-state index contributed by atoms with van der Waals surface area (Å²) >= 11 is 0. The molecule has 2 atom stereocenters. The maximum absolute atomic E-state index is 12.5. The lowest BCUT2D eigenvalue weighted by Gasteiger charge is -2.22. The topological polar surface area (TPSA) is 95.9 Å². The molecule has 0 aromatic carbocycles. The molecule has 0 spiro atoms. The zero-order valence-corrected chi connectivity index (χ0v) is 48.4. The van der Waals surface area contributed by atoms with Crippen LogP contribution >= 0.6 is 0 Å². The number of carbonyl (C=O) groups excluding carboxylic acids is 2. The minimum Gasteiger partial charge on any atom is -0.466 e. The van der Waals surface area contributed by atoms with E-state index >= 15 is 0 Å². The summed E-state index contributed by atoms with van der Waals surface area (Å²) in [5.74, 6) is -0.0313. The second-order valence-electron chi connectivity index (χ2n) is 22.1. The number of allylic oxidation sites excluding steroid dienone is 6. The molecule has 2 unspecified atom stereocenters. The number of unbranched alkanes of at least 4 members (excludes halogenated alkanes) is 43. The molecule has 0 fully saturated rings. The molecular formula is C66H125NO5. The average molecular weight is 1010 g/mol. The lowest BCUT2D eigenvalue weighted by atomic mass is 10.0. The molecule has 0 aromatic rings. The van der Waals surface area contributed by atoms with E-state index < -0.39 is 12.1 Å². The van der Waals surface area contributed by atoms with Crippen molar-refractivity contribution in [1.29, 1.82) is 0 Å².